The van der Waals surface area contributed by atoms with Gasteiger partial charge in [-0.05, 0) is 18.6 Å². The molecule has 0 amide bonds. The Morgan fingerprint density at radius 3 is 2.67 bits per heavy atom. The van der Waals surface area contributed by atoms with Crippen molar-refractivity contribution in [3.05, 3.63) is 65.9 Å². The molecule has 0 bridgehead atoms. The van der Waals surface area contributed by atoms with E-state index in [1.165, 1.54) is 0 Å². The Morgan fingerprint density at radius 1 is 1.10 bits per heavy atom. The summed E-state index contributed by atoms with van der Waals surface area (Å²) in [5.74, 6) is 0.768. The first-order valence-corrected chi connectivity index (χ1v) is 7.14. The van der Waals surface area contributed by atoms with Gasteiger partial charge >= 0.3 is 0 Å². The molecular formula is C18H17NO2. The fourth-order valence-corrected chi connectivity index (χ4v) is 2.41. The minimum absolute atomic E-state index is 0.00870. The van der Waals surface area contributed by atoms with Gasteiger partial charge in [0.05, 0.1) is 17.6 Å². The van der Waals surface area contributed by atoms with Crippen molar-refractivity contribution < 1.29 is 9.53 Å². The third-order valence-corrected chi connectivity index (χ3v) is 3.41. The molecule has 1 heterocycles. The lowest BCUT2D eigenvalue weighted by atomic mass is 10.0. The van der Waals surface area contributed by atoms with Crippen LogP contribution in [0, 0.1) is 0 Å². The summed E-state index contributed by atoms with van der Waals surface area (Å²) in [5.41, 5.74) is 2.26. The van der Waals surface area contributed by atoms with Gasteiger partial charge < -0.3 is 9.72 Å². The van der Waals surface area contributed by atoms with Gasteiger partial charge in [-0.15, -0.1) is 0 Å². The van der Waals surface area contributed by atoms with Crippen LogP contribution in [0.15, 0.2) is 54.7 Å². The first-order valence-electron chi connectivity index (χ1n) is 7.14. The highest BCUT2D eigenvalue weighted by atomic mass is 16.5. The molecule has 106 valence electrons. The predicted molar refractivity (Wildman–Crippen MR) is 84.0 cm³/mol. The van der Waals surface area contributed by atoms with Crippen LogP contribution >= 0.6 is 0 Å². The normalized spacial score (nSPS) is 10.7. The molecule has 2 aromatic carbocycles. The molecule has 0 unspecified atom stereocenters. The van der Waals surface area contributed by atoms with Crippen molar-refractivity contribution in [2.75, 3.05) is 6.61 Å². The van der Waals surface area contributed by atoms with Crippen molar-refractivity contribution in [1.82, 2.24) is 4.98 Å². The summed E-state index contributed by atoms with van der Waals surface area (Å²) in [4.78, 5) is 15.8. The summed E-state index contributed by atoms with van der Waals surface area (Å²) in [7, 11) is 0. The number of carbonyl (C=O) groups is 1. The molecule has 3 rings (SSSR count). The predicted octanol–water partition coefficient (Wildman–Crippen LogP) is 4.19. The molecule has 0 atom stereocenters. The summed E-state index contributed by atoms with van der Waals surface area (Å²) < 4.78 is 5.78. The Hall–Kier alpha value is -2.55. The van der Waals surface area contributed by atoms with Crippen LogP contribution in [0.4, 0.5) is 0 Å². The van der Waals surface area contributed by atoms with Crippen LogP contribution in [0.1, 0.15) is 29.3 Å². The lowest BCUT2D eigenvalue weighted by molar-refractivity contribution is 0.104. The summed E-state index contributed by atoms with van der Waals surface area (Å²) in [5, 5.41) is 0.861. The molecule has 1 aromatic heterocycles. The number of carbonyl (C=O) groups excluding carboxylic acids is 1. The minimum atomic E-state index is 0.00870. The highest BCUT2D eigenvalue weighted by Gasteiger charge is 2.17. The van der Waals surface area contributed by atoms with Crippen molar-refractivity contribution in [1.29, 1.82) is 0 Å². The van der Waals surface area contributed by atoms with Gasteiger partial charge in [-0.3, -0.25) is 4.79 Å². The third kappa shape index (κ3) is 2.55. The minimum Gasteiger partial charge on any atom is -0.493 e. The van der Waals surface area contributed by atoms with E-state index in [9.17, 15) is 4.79 Å². The number of rotatable bonds is 5. The van der Waals surface area contributed by atoms with E-state index in [0.29, 0.717) is 17.7 Å². The van der Waals surface area contributed by atoms with E-state index in [2.05, 4.69) is 11.9 Å². The number of fused-ring (bicyclic) bond motifs is 1. The lowest BCUT2D eigenvalue weighted by Gasteiger charge is -2.07. The van der Waals surface area contributed by atoms with Crippen LogP contribution in [-0.4, -0.2) is 17.4 Å². The number of H-pyrrole nitrogens is 1. The molecular weight excluding hydrogens is 262 g/mol. The largest absolute Gasteiger partial charge is 0.493 e. The van der Waals surface area contributed by atoms with Crippen LogP contribution in [-0.2, 0) is 0 Å². The zero-order valence-electron chi connectivity index (χ0n) is 11.9. The van der Waals surface area contributed by atoms with Gasteiger partial charge in [0, 0.05) is 17.3 Å². The number of hydrogen-bond donors (Lipinski definition) is 1. The fourth-order valence-electron chi connectivity index (χ4n) is 2.41. The molecule has 0 spiro atoms. The lowest BCUT2D eigenvalue weighted by Crippen LogP contribution is -2.01. The maximum absolute atomic E-state index is 12.7. The smallest absolute Gasteiger partial charge is 0.195 e. The quantitative estimate of drug-likeness (QED) is 0.712. The van der Waals surface area contributed by atoms with E-state index < -0.39 is 0 Å². The number of nitrogens with one attached hydrogen (secondary N) is 1. The summed E-state index contributed by atoms with van der Waals surface area (Å²) >= 11 is 0. The van der Waals surface area contributed by atoms with Gasteiger partial charge in [-0.2, -0.15) is 0 Å². The molecule has 3 heteroatoms. The van der Waals surface area contributed by atoms with Gasteiger partial charge in [0.15, 0.2) is 5.78 Å². The first kappa shape index (κ1) is 13.4. The Labute approximate surface area is 123 Å². The Kier molecular flexibility index (Phi) is 3.73. The van der Waals surface area contributed by atoms with Gasteiger partial charge in [0.1, 0.15) is 5.75 Å². The number of aromatic amines is 1. The van der Waals surface area contributed by atoms with Crippen LogP contribution in [0.3, 0.4) is 0 Å². The van der Waals surface area contributed by atoms with E-state index in [-0.39, 0.29) is 5.78 Å². The van der Waals surface area contributed by atoms with Crippen molar-refractivity contribution in [3.63, 3.8) is 0 Å². The molecule has 0 aliphatic rings. The fraction of sp³-hybridized carbons (Fsp3) is 0.167. The monoisotopic (exact) mass is 279 g/mol. The second kappa shape index (κ2) is 5.83. The number of hydrogen-bond acceptors (Lipinski definition) is 2. The van der Waals surface area contributed by atoms with Crippen LogP contribution in [0.25, 0.3) is 10.9 Å². The topological polar surface area (TPSA) is 42.1 Å². The average Bonchev–Trinajstić information content (AvgIpc) is 2.97. The molecule has 0 saturated carbocycles. The molecule has 0 saturated heterocycles. The number of aromatic nitrogens is 1. The standard InChI is InChI=1S/C18H17NO2/c1-2-11-21-16-10-6-9-15-17(16)14(12-19-15)18(20)13-7-4-3-5-8-13/h3-10,12,19H,2,11H2,1H3. The average molecular weight is 279 g/mol. The summed E-state index contributed by atoms with van der Waals surface area (Å²) in [6, 6.07) is 15.1. The van der Waals surface area contributed by atoms with Crippen molar-refractivity contribution in [2.45, 2.75) is 13.3 Å². The Balaban J connectivity index is 2.08. The van der Waals surface area contributed by atoms with Crippen molar-refractivity contribution >= 4 is 16.7 Å². The van der Waals surface area contributed by atoms with Gasteiger partial charge in [-0.25, -0.2) is 0 Å². The van der Waals surface area contributed by atoms with E-state index >= 15 is 0 Å². The van der Waals surface area contributed by atoms with Gasteiger partial charge in [0.2, 0.25) is 0 Å². The molecule has 0 fully saturated rings. The zero-order chi connectivity index (χ0) is 14.7. The molecule has 21 heavy (non-hydrogen) atoms. The molecule has 3 aromatic rings. The van der Waals surface area contributed by atoms with E-state index in [4.69, 9.17) is 4.74 Å². The molecule has 0 aliphatic carbocycles. The third-order valence-electron chi connectivity index (χ3n) is 3.41. The van der Waals surface area contributed by atoms with E-state index in [1.807, 2.05) is 48.5 Å². The van der Waals surface area contributed by atoms with Crippen LogP contribution in [0.2, 0.25) is 0 Å². The van der Waals surface area contributed by atoms with E-state index in [1.54, 1.807) is 6.20 Å². The van der Waals surface area contributed by atoms with Gasteiger partial charge in [0.25, 0.3) is 0 Å². The van der Waals surface area contributed by atoms with Crippen LogP contribution < -0.4 is 4.74 Å². The maximum Gasteiger partial charge on any atom is 0.195 e. The molecule has 3 nitrogen and oxygen atoms in total. The SMILES string of the molecule is CCCOc1cccc2[nH]cc(C(=O)c3ccccc3)c12. The van der Waals surface area contributed by atoms with E-state index in [0.717, 1.165) is 23.1 Å². The summed E-state index contributed by atoms with van der Waals surface area (Å²) in [6.45, 7) is 2.70. The van der Waals surface area contributed by atoms with Crippen LogP contribution in [0.5, 0.6) is 5.75 Å². The summed E-state index contributed by atoms with van der Waals surface area (Å²) in [6.07, 6.45) is 2.70. The number of ketones is 1. The number of benzene rings is 2. The Morgan fingerprint density at radius 2 is 1.90 bits per heavy atom. The maximum atomic E-state index is 12.7. The highest BCUT2D eigenvalue weighted by Crippen LogP contribution is 2.30. The Bertz CT molecular complexity index is 759. The van der Waals surface area contributed by atoms with Crippen molar-refractivity contribution in [2.24, 2.45) is 0 Å². The number of ether oxygens (including phenoxy) is 1. The zero-order valence-corrected chi connectivity index (χ0v) is 11.9. The first-order chi connectivity index (χ1) is 10.3. The van der Waals surface area contributed by atoms with Crippen molar-refractivity contribution in [3.8, 4) is 5.75 Å². The molecule has 0 aliphatic heterocycles. The van der Waals surface area contributed by atoms with Gasteiger partial charge in [-0.1, -0.05) is 43.3 Å². The second-order valence-electron chi connectivity index (χ2n) is 4.92. The molecule has 0 radical (unpaired) electrons. The second-order valence-corrected chi connectivity index (χ2v) is 4.92. The highest BCUT2D eigenvalue weighted by molar-refractivity contribution is 6.17. The molecule has 1 N–H and O–H groups in total.